The van der Waals surface area contributed by atoms with Gasteiger partial charge in [0.05, 0.1) is 12.7 Å². The van der Waals surface area contributed by atoms with Crippen molar-refractivity contribution in [3.8, 4) is 0 Å². The van der Waals surface area contributed by atoms with Crippen LogP contribution in [0.15, 0.2) is 0 Å². The van der Waals surface area contributed by atoms with Crippen molar-refractivity contribution in [1.29, 1.82) is 0 Å². The van der Waals surface area contributed by atoms with E-state index in [4.69, 9.17) is 4.74 Å². The highest BCUT2D eigenvalue weighted by Gasteiger charge is 2.25. The molecule has 2 nitrogen and oxygen atoms in total. The molecule has 0 heterocycles. The molecule has 1 saturated carbocycles. The summed E-state index contributed by atoms with van der Waals surface area (Å²) in [6.45, 7) is 5.69. The van der Waals surface area contributed by atoms with Gasteiger partial charge < -0.3 is 9.84 Å². The van der Waals surface area contributed by atoms with Gasteiger partial charge in [0, 0.05) is 6.61 Å². The molecule has 0 aliphatic heterocycles. The smallest absolute Gasteiger partial charge is 0.0801 e. The molecule has 0 aromatic carbocycles. The zero-order valence-corrected chi connectivity index (χ0v) is 9.54. The maximum absolute atomic E-state index is 9.89. The van der Waals surface area contributed by atoms with Gasteiger partial charge in [0.1, 0.15) is 0 Å². The summed E-state index contributed by atoms with van der Waals surface area (Å²) in [5, 5.41) is 9.89. The van der Waals surface area contributed by atoms with Crippen LogP contribution in [0.2, 0.25) is 0 Å². The third kappa shape index (κ3) is 3.97. The number of rotatable bonds is 5. The Morgan fingerprint density at radius 2 is 2.21 bits per heavy atom. The van der Waals surface area contributed by atoms with E-state index in [0.717, 1.165) is 18.9 Å². The quantitative estimate of drug-likeness (QED) is 0.691. The second-order valence-electron chi connectivity index (χ2n) is 4.67. The molecule has 1 N–H and O–H groups in total. The fourth-order valence-corrected chi connectivity index (χ4v) is 2.31. The van der Waals surface area contributed by atoms with Crippen LogP contribution in [-0.2, 0) is 4.74 Å². The number of hydrogen-bond acceptors (Lipinski definition) is 2. The van der Waals surface area contributed by atoms with Crippen molar-refractivity contribution >= 4 is 0 Å². The van der Waals surface area contributed by atoms with E-state index in [1.54, 1.807) is 0 Å². The van der Waals surface area contributed by atoms with Crippen LogP contribution >= 0.6 is 0 Å². The van der Waals surface area contributed by atoms with Gasteiger partial charge in [-0.15, -0.1) is 0 Å². The summed E-state index contributed by atoms with van der Waals surface area (Å²) in [6, 6.07) is 0. The molecule has 3 unspecified atom stereocenters. The fraction of sp³-hybridized carbons (Fsp3) is 1.00. The van der Waals surface area contributed by atoms with Gasteiger partial charge in [-0.1, -0.05) is 26.7 Å². The Morgan fingerprint density at radius 1 is 1.43 bits per heavy atom. The lowest BCUT2D eigenvalue weighted by Crippen LogP contribution is -2.29. The maximum Gasteiger partial charge on any atom is 0.0801 e. The first-order chi connectivity index (χ1) is 6.74. The zero-order valence-electron chi connectivity index (χ0n) is 9.54. The van der Waals surface area contributed by atoms with Crippen LogP contribution in [0.1, 0.15) is 46.0 Å². The van der Waals surface area contributed by atoms with Gasteiger partial charge in [-0.3, -0.25) is 0 Å². The minimum Gasteiger partial charge on any atom is -0.390 e. The van der Waals surface area contributed by atoms with Crippen LogP contribution < -0.4 is 0 Å². The van der Waals surface area contributed by atoms with E-state index in [1.165, 1.54) is 25.7 Å². The number of aliphatic hydroxyl groups excluding tert-OH is 1. The van der Waals surface area contributed by atoms with Crippen molar-refractivity contribution in [1.82, 2.24) is 0 Å². The molecule has 0 amide bonds. The standard InChI is InChI=1S/C12H24O2/c1-3-7-14-9-12(13)11-6-4-5-10(2)8-11/h10-13H,3-9H2,1-2H3. The summed E-state index contributed by atoms with van der Waals surface area (Å²) >= 11 is 0. The highest BCUT2D eigenvalue weighted by atomic mass is 16.5. The number of ether oxygens (including phenoxy) is 1. The van der Waals surface area contributed by atoms with E-state index in [2.05, 4.69) is 13.8 Å². The lowest BCUT2D eigenvalue weighted by molar-refractivity contribution is -0.00988. The minimum atomic E-state index is -0.232. The van der Waals surface area contributed by atoms with E-state index in [0.29, 0.717) is 12.5 Å². The van der Waals surface area contributed by atoms with E-state index in [9.17, 15) is 5.11 Å². The van der Waals surface area contributed by atoms with E-state index in [-0.39, 0.29) is 6.10 Å². The van der Waals surface area contributed by atoms with Gasteiger partial charge >= 0.3 is 0 Å². The molecule has 0 spiro atoms. The average molecular weight is 200 g/mol. The van der Waals surface area contributed by atoms with E-state index < -0.39 is 0 Å². The summed E-state index contributed by atoms with van der Waals surface area (Å²) in [6.07, 6.45) is 5.77. The van der Waals surface area contributed by atoms with Crippen LogP contribution in [-0.4, -0.2) is 24.4 Å². The Labute approximate surface area is 87.7 Å². The Balaban J connectivity index is 2.18. The Bertz CT molecular complexity index is 147. The van der Waals surface area contributed by atoms with Crippen molar-refractivity contribution in [2.75, 3.05) is 13.2 Å². The summed E-state index contributed by atoms with van der Waals surface area (Å²) in [7, 11) is 0. The van der Waals surface area contributed by atoms with E-state index in [1.807, 2.05) is 0 Å². The van der Waals surface area contributed by atoms with Crippen molar-refractivity contribution in [3.05, 3.63) is 0 Å². The third-order valence-electron chi connectivity index (χ3n) is 3.16. The monoisotopic (exact) mass is 200 g/mol. The van der Waals surface area contributed by atoms with Gasteiger partial charge in [-0.25, -0.2) is 0 Å². The molecule has 0 saturated heterocycles. The summed E-state index contributed by atoms with van der Waals surface area (Å²) in [5.74, 6) is 1.27. The van der Waals surface area contributed by atoms with Crippen molar-refractivity contribution in [3.63, 3.8) is 0 Å². The van der Waals surface area contributed by atoms with E-state index >= 15 is 0 Å². The Hall–Kier alpha value is -0.0800. The summed E-state index contributed by atoms with van der Waals surface area (Å²) in [4.78, 5) is 0. The first-order valence-corrected chi connectivity index (χ1v) is 5.99. The van der Waals surface area contributed by atoms with Crippen molar-refractivity contribution in [2.45, 2.75) is 52.1 Å². The molecule has 1 rings (SSSR count). The van der Waals surface area contributed by atoms with Gasteiger partial charge in [0.25, 0.3) is 0 Å². The number of hydrogen-bond donors (Lipinski definition) is 1. The molecular formula is C12H24O2. The first kappa shape index (κ1) is 12.0. The average Bonchev–Trinajstić information content (AvgIpc) is 2.18. The lowest BCUT2D eigenvalue weighted by Gasteiger charge is -2.30. The second kappa shape index (κ2) is 6.41. The highest BCUT2D eigenvalue weighted by Crippen LogP contribution is 2.30. The molecule has 1 aliphatic rings. The molecule has 1 aliphatic carbocycles. The van der Waals surface area contributed by atoms with Gasteiger partial charge in [0.2, 0.25) is 0 Å². The topological polar surface area (TPSA) is 29.5 Å². The van der Waals surface area contributed by atoms with Crippen LogP contribution in [0, 0.1) is 11.8 Å². The number of aliphatic hydroxyl groups is 1. The Morgan fingerprint density at radius 3 is 2.86 bits per heavy atom. The predicted molar refractivity (Wildman–Crippen MR) is 58.2 cm³/mol. The molecule has 0 aromatic rings. The molecule has 3 atom stereocenters. The van der Waals surface area contributed by atoms with Gasteiger partial charge in [-0.2, -0.15) is 0 Å². The van der Waals surface area contributed by atoms with Crippen LogP contribution in [0.5, 0.6) is 0 Å². The van der Waals surface area contributed by atoms with Gasteiger partial charge in [-0.05, 0) is 31.1 Å². The predicted octanol–water partition coefficient (Wildman–Crippen LogP) is 2.60. The molecule has 14 heavy (non-hydrogen) atoms. The maximum atomic E-state index is 9.89. The molecule has 84 valence electrons. The van der Waals surface area contributed by atoms with Crippen LogP contribution in [0.4, 0.5) is 0 Å². The molecule has 0 bridgehead atoms. The summed E-state index contributed by atoms with van der Waals surface area (Å²) in [5.41, 5.74) is 0. The van der Waals surface area contributed by atoms with Crippen LogP contribution in [0.3, 0.4) is 0 Å². The minimum absolute atomic E-state index is 0.232. The Kier molecular flexibility index (Phi) is 5.49. The zero-order chi connectivity index (χ0) is 10.4. The SMILES string of the molecule is CCCOCC(O)C1CCCC(C)C1. The highest BCUT2D eigenvalue weighted by molar-refractivity contribution is 4.76. The lowest BCUT2D eigenvalue weighted by atomic mass is 9.80. The normalized spacial score (nSPS) is 30.2. The molecule has 0 radical (unpaired) electrons. The van der Waals surface area contributed by atoms with Gasteiger partial charge in [0.15, 0.2) is 0 Å². The summed E-state index contributed by atoms with van der Waals surface area (Å²) < 4.78 is 5.38. The largest absolute Gasteiger partial charge is 0.390 e. The van der Waals surface area contributed by atoms with Crippen molar-refractivity contribution < 1.29 is 9.84 Å². The molecule has 2 heteroatoms. The molecule has 0 aromatic heterocycles. The molecule has 1 fully saturated rings. The van der Waals surface area contributed by atoms with Crippen molar-refractivity contribution in [2.24, 2.45) is 11.8 Å². The van der Waals surface area contributed by atoms with Crippen LogP contribution in [0.25, 0.3) is 0 Å². The fourth-order valence-electron chi connectivity index (χ4n) is 2.31. The third-order valence-corrected chi connectivity index (χ3v) is 3.16. The first-order valence-electron chi connectivity index (χ1n) is 5.99. The second-order valence-corrected chi connectivity index (χ2v) is 4.67. The molecular weight excluding hydrogens is 176 g/mol.